The Morgan fingerprint density at radius 2 is 1.85 bits per heavy atom. The summed E-state index contributed by atoms with van der Waals surface area (Å²) in [7, 11) is 0. The zero-order valence-electron chi connectivity index (χ0n) is 11.4. The van der Waals surface area contributed by atoms with E-state index in [4.69, 9.17) is 9.84 Å². The van der Waals surface area contributed by atoms with Crippen LogP contribution in [0, 0.1) is 0 Å². The number of carbonyl (C=O) groups is 1. The maximum absolute atomic E-state index is 10.9. The Balaban J connectivity index is 1.65. The smallest absolute Gasteiger partial charge is 0.335 e. The Kier molecular flexibility index (Phi) is 3.49. The number of hydrogen-bond acceptors (Lipinski definition) is 3. The van der Waals surface area contributed by atoms with Crippen LogP contribution >= 0.6 is 0 Å². The third kappa shape index (κ3) is 2.56. The molecule has 0 atom stereocenters. The molecule has 20 heavy (non-hydrogen) atoms. The molecule has 106 valence electrons. The van der Waals surface area contributed by atoms with Gasteiger partial charge in [0.05, 0.1) is 17.8 Å². The van der Waals surface area contributed by atoms with Gasteiger partial charge in [-0.2, -0.15) is 0 Å². The van der Waals surface area contributed by atoms with Crippen LogP contribution in [0.15, 0.2) is 36.4 Å². The minimum Gasteiger partial charge on any atom is -0.478 e. The molecule has 0 unspecified atom stereocenters. The number of rotatable bonds is 2. The molecule has 0 amide bonds. The molecule has 1 spiro atoms. The highest BCUT2D eigenvalue weighted by Crippen LogP contribution is 2.34. The highest BCUT2D eigenvalue weighted by atomic mass is 16.5. The molecule has 0 aromatic heterocycles. The van der Waals surface area contributed by atoms with Gasteiger partial charge < -0.3 is 14.7 Å². The Bertz CT molecular complexity index is 513. The molecule has 4 heteroatoms. The second-order valence-corrected chi connectivity index (χ2v) is 5.51. The van der Waals surface area contributed by atoms with E-state index < -0.39 is 5.97 Å². The van der Waals surface area contributed by atoms with Crippen molar-refractivity contribution in [2.24, 2.45) is 0 Å². The summed E-state index contributed by atoms with van der Waals surface area (Å²) in [5, 5.41) is 8.92. The summed E-state index contributed by atoms with van der Waals surface area (Å²) in [6.45, 7) is 2.65. The quantitative estimate of drug-likeness (QED) is 0.842. The van der Waals surface area contributed by atoms with Crippen LogP contribution in [0.5, 0.6) is 0 Å². The van der Waals surface area contributed by atoms with E-state index >= 15 is 0 Å². The summed E-state index contributed by atoms with van der Waals surface area (Å²) >= 11 is 0. The van der Waals surface area contributed by atoms with E-state index in [1.54, 1.807) is 12.1 Å². The van der Waals surface area contributed by atoms with E-state index in [1.807, 2.05) is 12.1 Å². The molecule has 0 bridgehead atoms. The van der Waals surface area contributed by atoms with Crippen LogP contribution < -0.4 is 4.90 Å². The van der Waals surface area contributed by atoms with E-state index in [0.717, 1.165) is 44.6 Å². The van der Waals surface area contributed by atoms with Crippen LogP contribution in [0.3, 0.4) is 0 Å². The molecule has 2 aliphatic heterocycles. The minimum absolute atomic E-state index is 0.0340. The number of piperidine rings is 1. The second-order valence-electron chi connectivity index (χ2n) is 5.51. The van der Waals surface area contributed by atoms with Gasteiger partial charge in [-0.25, -0.2) is 4.79 Å². The lowest BCUT2D eigenvalue weighted by atomic mass is 9.86. The van der Waals surface area contributed by atoms with E-state index in [2.05, 4.69) is 17.1 Å². The number of hydrogen-bond donors (Lipinski definition) is 1. The van der Waals surface area contributed by atoms with Crippen molar-refractivity contribution in [3.63, 3.8) is 0 Å². The average Bonchev–Trinajstić information content (AvgIpc) is 2.49. The van der Waals surface area contributed by atoms with Crippen molar-refractivity contribution in [2.75, 3.05) is 24.6 Å². The molecule has 1 aromatic carbocycles. The van der Waals surface area contributed by atoms with Crippen molar-refractivity contribution >= 4 is 11.7 Å². The van der Waals surface area contributed by atoms with Crippen molar-refractivity contribution in [3.8, 4) is 0 Å². The van der Waals surface area contributed by atoms with Crippen molar-refractivity contribution in [2.45, 2.75) is 24.9 Å². The van der Waals surface area contributed by atoms with Gasteiger partial charge >= 0.3 is 5.97 Å². The summed E-state index contributed by atoms with van der Waals surface area (Å²) in [6, 6.07) is 7.12. The summed E-state index contributed by atoms with van der Waals surface area (Å²) in [5.41, 5.74) is 1.46. The number of benzene rings is 1. The Labute approximate surface area is 118 Å². The normalized spacial score (nSPS) is 21.1. The number of carboxylic acid groups (broad SMARTS) is 1. The molecule has 0 saturated carbocycles. The Morgan fingerprint density at radius 3 is 2.40 bits per heavy atom. The first-order valence-corrected chi connectivity index (χ1v) is 7.06. The Morgan fingerprint density at radius 1 is 1.15 bits per heavy atom. The predicted molar refractivity (Wildman–Crippen MR) is 77.3 cm³/mol. The summed E-state index contributed by atoms with van der Waals surface area (Å²) < 4.78 is 5.95. The monoisotopic (exact) mass is 273 g/mol. The minimum atomic E-state index is -0.878. The van der Waals surface area contributed by atoms with Crippen molar-refractivity contribution in [1.82, 2.24) is 0 Å². The molecule has 0 aliphatic carbocycles. The first kappa shape index (κ1) is 13.2. The Hall–Kier alpha value is -1.81. The maximum atomic E-state index is 10.9. The van der Waals surface area contributed by atoms with Gasteiger partial charge in [-0.1, -0.05) is 12.2 Å². The van der Waals surface area contributed by atoms with Crippen LogP contribution in [-0.4, -0.2) is 36.4 Å². The number of ether oxygens (including phenoxy) is 1. The summed E-state index contributed by atoms with van der Waals surface area (Å²) in [5.74, 6) is -0.878. The molecule has 2 aliphatic rings. The maximum Gasteiger partial charge on any atom is 0.335 e. The lowest BCUT2D eigenvalue weighted by Gasteiger charge is -2.43. The van der Waals surface area contributed by atoms with Crippen molar-refractivity contribution in [3.05, 3.63) is 42.0 Å². The predicted octanol–water partition coefficient (Wildman–Crippen LogP) is 2.70. The van der Waals surface area contributed by atoms with Crippen LogP contribution in [0.1, 0.15) is 29.6 Å². The van der Waals surface area contributed by atoms with E-state index in [0.29, 0.717) is 5.56 Å². The molecule has 1 aromatic rings. The molecule has 1 fully saturated rings. The van der Waals surface area contributed by atoms with E-state index in [9.17, 15) is 4.79 Å². The fourth-order valence-electron chi connectivity index (χ4n) is 2.99. The fraction of sp³-hybridized carbons (Fsp3) is 0.438. The first-order chi connectivity index (χ1) is 9.69. The van der Waals surface area contributed by atoms with Crippen molar-refractivity contribution in [1.29, 1.82) is 0 Å². The van der Waals surface area contributed by atoms with Gasteiger partial charge in [-0.05, 0) is 43.5 Å². The standard InChI is InChI=1S/C16H19NO3/c18-15(19)13-3-5-14(6-4-13)17-10-8-16(9-11-17)7-1-2-12-20-16/h1-6H,7-12H2,(H,18,19). The van der Waals surface area contributed by atoms with Gasteiger partial charge in [0.25, 0.3) is 0 Å². The van der Waals surface area contributed by atoms with E-state index in [1.165, 1.54) is 0 Å². The zero-order chi connectivity index (χ0) is 14.0. The number of carboxylic acids is 1. The molecular weight excluding hydrogens is 254 g/mol. The molecule has 3 rings (SSSR count). The summed E-state index contributed by atoms with van der Waals surface area (Å²) in [4.78, 5) is 13.2. The van der Waals surface area contributed by atoms with Crippen LogP contribution in [-0.2, 0) is 4.74 Å². The molecule has 1 saturated heterocycles. The molecular formula is C16H19NO3. The molecule has 1 N–H and O–H groups in total. The van der Waals surface area contributed by atoms with Gasteiger partial charge in [-0.15, -0.1) is 0 Å². The zero-order valence-corrected chi connectivity index (χ0v) is 11.4. The first-order valence-electron chi connectivity index (χ1n) is 7.06. The van der Waals surface area contributed by atoms with Gasteiger partial charge in [0.15, 0.2) is 0 Å². The number of anilines is 1. The molecule has 2 heterocycles. The van der Waals surface area contributed by atoms with Gasteiger partial charge in [0, 0.05) is 18.8 Å². The molecule has 0 radical (unpaired) electrons. The van der Waals surface area contributed by atoms with Gasteiger partial charge in [0.2, 0.25) is 0 Å². The third-order valence-corrected chi connectivity index (χ3v) is 4.30. The fourth-order valence-corrected chi connectivity index (χ4v) is 2.99. The topological polar surface area (TPSA) is 49.8 Å². The van der Waals surface area contributed by atoms with Crippen molar-refractivity contribution < 1.29 is 14.6 Å². The lowest BCUT2D eigenvalue weighted by Crippen LogP contribution is -2.46. The van der Waals surface area contributed by atoms with Crippen LogP contribution in [0.25, 0.3) is 0 Å². The van der Waals surface area contributed by atoms with Crippen LogP contribution in [0.4, 0.5) is 5.69 Å². The number of nitrogens with zero attached hydrogens (tertiary/aromatic N) is 1. The average molecular weight is 273 g/mol. The SMILES string of the molecule is O=C(O)c1ccc(N2CCC3(CC=CCO3)CC2)cc1. The van der Waals surface area contributed by atoms with Gasteiger partial charge in [-0.3, -0.25) is 0 Å². The van der Waals surface area contributed by atoms with Crippen LogP contribution in [0.2, 0.25) is 0 Å². The van der Waals surface area contributed by atoms with Gasteiger partial charge in [0.1, 0.15) is 0 Å². The summed E-state index contributed by atoms with van der Waals surface area (Å²) in [6.07, 6.45) is 7.37. The van der Waals surface area contributed by atoms with E-state index in [-0.39, 0.29) is 5.60 Å². The number of aromatic carboxylic acids is 1. The third-order valence-electron chi connectivity index (χ3n) is 4.30. The lowest BCUT2D eigenvalue weighted by molar-refractivity contribution is -0.0531. The highest BCUT2D eigenvalue weighted by Gasteiger charge is 2.35. The highest BCUT2D eigenvalue weighted by molar-refractivity contribution is 5.88. The molecule has 4 nitrogen and oxygen atoms in total. The second kappa shape index (κ2) is 5.29. The largest absolute Gasteiger partial charge is 0.478 e.